The Morgan fingerprint density at radius 1 is 1.24 bits per heavy atom. The zero-order chi connectivity index (χ0) is 23.3. The lowest BCUT2D eigenvalue weighted by molar-refractivity contribution is -0.126. The molecule has 1 aliphatic heterocycles. The van der Waals surface area contributed by atoms with Crippen LogP contribution in [0.25, 0.3) is 0 Å². The predicted octanol–water partition coefficient (Wildman–Crippen LogP) is 1.91. The van der Waals surface area contributed by atoms with Gasteiger partial charge in [-0.25, -0.2) is 13.4 Å². The largest absolute Gasteiger partial charge is 0.356 e. The van der Waals surface area contributed by atoms with Gasteiger partial charge in [0, 0.05) is 49.9 Å². The Labute approximate surface area is 198 Å². The Kier molecular flexibility index (Phi) is 7.82. The van der Waals surface area contributed by atoms with Crippen LogP contribution in [-0.4, -0.2) is 60.2 Å². The summed E-state index contributed by atoms with van der Waals surface area (Å²) in [5.74, 6) is -1.23. The van der Waals surface area contributed by atoms with Gasteiger partial charge in [0.1, 0.15) is 4.21 Å². The van der Waals surface area contributed by atoms with Crippen LogP contribution in [0.3, 0.4) is 0 Å². The fourth-order valence-electron chi connectivity index (χ4n) is 4.79. The molecule has 0 aromatic carbocycles. The first-order chi connectivity index (χ1) is 16.0. The van der Waals surface area contributed by atoms with Gasteiger partial charge in [-0.2, -0.15) is 4.31 Å². The molecule has 2 amide bonds. The number of rotatable bonds is 6. The molecule has 2 aromatic heterocycles. The van der Waals surface area contributed by atoms with Gasteiger partial charge < -0.3 is 15.6 Å². The van der Waals surface area contributed by atoms with E-state index in [-0.39, 0.29) is 16.0 Å². The molecular formula is C22H31N5O4S2. The zero-order valence-electron chi connectivity index (χ0n) is 18.5. The molecule has 180 valence electrons. The Balaban J connectivity index is 1.53. The number of fused-ring (bicyclic) bond motifs is 1. The summed E-state index contributed by atoms with van der Waals surface area (Å²) in [5, 5.41) is 7.67. The molecule has 2 fully saturated rings. The standard InChI is InChI=1S/C22H31N5O4S2/c28-21(25-9-7-17-14-23-15-26-17)16-12-18-19(13-16)27(33(30,31)20-6-5-11-32-20)10-4-2-1-3-8-24-22(18)29/h5-6,11,14-16,18-19H,1-4,7-10,12-13H2,(H,23,26)(H,24,29)(H,25,28)/t16-,18-,19+/m1/s1. The average Bonchev–Trinajstić information content (AvgIpc) is 3.56. The van der Waals surface area contributed by atoms with Crippen molar-refractivity contribution in [1.82, 2.24) is 24.9 Å². The smallest absolute Gasteiger partial charge is 0.252 e. The number of nitrogens with one attached hydrogen (secondary N) is 3. The van der Waals surface area contributed by atoms with Crippen LogP contribution in [0.4, 0.5) is 0 Å². The number of aromatic nitrogens is 2. The van der Waals surface area contributed by atoms with Crippen LogP contribution in [0.2, 0.25) is 0 Å². The number of thiophene rings is 1. The summed E-state index contributed by atoms with van der Waals surface area (Å²) in [4.78, 5) is 33.0. The molecule has 1 saturated heterocycles. The summed E-state index contributed by atoms with van der Waals surface area (Å²) in [5.41, 5.74) is 0.930. The molecule has 3 heterocycles. The number of aromatic amines is 1. The Morgan fingerprint density at radius 2 is 2.09 bits per heavy atom. The fraction of sp³-hybridized carbons (Fsp3) is 0.591. The highest BCUT2D eigenvalue weighted by molar-refractivity contribution is 7.91. The number of sulfonamides is 1. The molecular weight excluding hydrogens is 462 g/mol. The summed E-state index contributed by atoms with van der Waals surface area (Å²) < 4.78 is 28.8. The second-order valence-electron chi connectivity index (χ2n) is 8.71. The quantitative estimate of drug-likeness (QED) is 0.567. The van der Waals surface area contributed by atoms with Gasteiger partial charge in [0.25, 0.3) is 10.0 Å². The summed E-state index contributed by atoms with van der Waals surface area (Å²) >= 11 is 1.18. The molecule has 0 spiro atoms. The van der Waals surface area contributed by atoms with Crippen LogP contribution in [0.15, 0.2) is 34.2 Å². The van der Waals surface area contributed by atoms with Crippen molar-refractivity contribution in [2.45, 2.75) is 55.2 Å². The van der Waals surface area contributed by atoms with Crippen molar-refractivity contribution in [2.75, 3.05) is 19.6 Å². The van der Waals surface area contributed by atoms with Gasteiger partial charge in [-0.1, -0.05) is 18.9 Å². The molecule has 1 aliphatic carbocycles. The summed E-state index contributed by atoms with van der Waals surface area (Å²) in [7, 11) is -3.74. The second-order valence-corrected chi connectivity index (χ2v) is 11.8. The van der Waals surface area contributed by atoms with E-state index in [0.29, 0.717) is 38.9 Å². The third kappa shape index (κ3) is 5.64. The molecule has 2 aromatic rings. The number of amides is 2. The van der Waals surface area contributed by atoms with Gasteiger partial charge in [-0.15, -0.1) is 11.3 Å². The lowest BCUT2D eigenvalue weighted by Crippen LogP contribution is -2.47. The normalized spacial score (nSPS) is 25.1. The molecule has 11 heteroatoms. The fourth-order valence-corrected chi connectivity index (χ4v) is 7.62. The average molecular weight is 494 g/mol. The molecule has 33 heavy (non-hydrogen) atoms. The van der Waals surface area contributed by atoms with E-state index in [4.69, 9.17) is 0 Å². The van der Waals surface area contributed by atoms with Crippen molar-refractivity contribution < 1.29 is 18.0 Å². The van der Waals surface area contributed by atoms with E-state index in [1.165, 1.54) is 15.6 Å². The number of hydrogen-bond acceptors (Lipinski definition) is 6. The van der Waals surface area contributed by atoms with Crippen LogP contribution in [0.5, 0.6) is 0 Å². The second kappa shape index (κ2) is 10.8. The van der Waals surface area contributed by atoms with Gasteiger partial charge >= 0.3 is 0 Å². The number of imidazole rings is 1. The van der Waals surface area contributed by atoms with Crippen LogP contribution in [0.1, 0.15) is 44.2 Å². The molecule has 3 atom stereocenters. The van der Waals surface area contributed by atoms with Crippen LogP contribution in [-0.2, 0) is 26.0 Å². The van der Waals surface area contributed by atoms with Gasteiger partial charge in [-0.3, -0.25) is 9.59 Å². The molecule has 4 rings (SSSR count). The third-order valence-corrected chi connectivity index (χ3v) is 9.81. The highest BCUT2D eigenvalue weighted by Crippen LogP contribution is 2.38. The first-order valence-electron chi connectivity index (χ1n) is 11.5. The van der Waals surface area contributed by atoms with E-state index in [1.54, 1.807) is 30.0 Å². The van der Waals surface area contributed by atoms with E-state index in [1.807, 2.05) is 0 Å². The number of H-pyrrole nitrogens is 1. The Bertz CT molecular complexity index is 1020. The highest BCUT2D eigenvalue weighted by Gasteiger charge is 2.47. The van der Waals surface area contributed by atoms with E-state index < -0.39 is 27.9 Å². The molecule has 0 bridgehead atoms. The number of carbonyl (C=O) groups excluding carboxylic acids is 2. The molecule has 0 radical (unpaired) electrons. The summed E-state index contributed by atoms with van der Waals surface area (Å²) in [6, 6.07) is 2.80. The van der Waals surface area contributed by atoms with Crippen molar-refractivity contribution in [3.05, 3.63) is 35.7 Å². The first kappa shape index (κ1) is 23.9. The number of carbonyl (C=O) groups is 2. The van der Waals surface area contributed by atoms with Gasteiger partial charge in [0.05, 0.1) is 12.2 Å². The lowest BCUT2D eigenvalue weighted by atomic mass is 10.0. The first-order valence-corrected chi connectivity index (χ1v) is 13.9. The van der Waals surface area contributed by atoms with Crippen LogP contribution >= 0.6 is 11.3 Å². The maximum atomic E-state index is 13.5. The van der Waals surface area contributed by atoms with E-state index in [9.17, 15) is 18.0 Å². The number of nitrogens with zero attached hydrogens (tertiary/aromatic N) is 2. The minimum absolute atomic E-state index is 0.129. The third-order valence-electron chi connectivity index (χ3n) is 6.52. The van der Waals surface area contributed by atoms with Gasteiger partial charge in [-0.05, 0) is 37.1 Å². The van der Waals surface area contributed by atoms with Crippen molar-refractivity contribution in [1.29, 1.82) is 0 Å². The van der Waals surface area contributed by atoms with Crippen molar-refractivity contribution in [3.8, 4) is 0 Å². The van der Waals surface area contributed by atoms with Crippen molar-refractivity contribution in [3.63, 3.8) is 0 Å². The SMILES string of the molecule is O=C(NCCc1cnc[nH]1)[C@@H]1C[C@H]2C(=O)NCCCCCCN(S(=O)(=O)c3cccs3)[C@H]2C1. The van der Waals surface area contributed by atoms with E-state index >= 15 is 0 Å². The molecule has 1 saturated carbocycles. The van der Waals surface area contributed by atoms with Crippen LogP contribution in [0, 0.1) is 11.8 Å². The maximum absolute atomic E-state index is 13.5. The predicted molar refractivity (Wildman–Crippen MR) is 125 cm³/mol. The summed E-state index contributed by atoms with van der Waals surface area (Å²) in [6.07, 6.45) is 8.10. The lowest BCUT2D eigenvalue weighted by Gasteiger charge is -2.31. The minimum Gasteiger partial charge on any atom is -0.356 e. The zero-order valence-corrected chi connectivity index (χ0v) is 20.2. The van der Waals surface area contributed by atoms with Crippen LogP contribution < -0.4 is 10.6 Å². The topological polar surface area (TPSA) is 124 Å². The monoisotopic (exact) mass is 493 g/mol. The van der Waals surface area contributed by atoms with Gasteiger partial charge in [0.2, 0.25) is 11.8 Å². The maximum Gasteiger partial charge on any atom is 0.252 e. The molecule has 3 N–H and O–H groups in total. The van der Waals surface area contributed by atoms with E-state index in [2.05, 4.69) is 20.6 Å². The number of hydrogen-bond donors (Lipinski definition) is 3. The highest BCUT2D eigenvalue weighted by atomic mass is 32.2. The Hall–Kier alpha value is -2.24. The minimum atomic E-state index is -3.74. The Morgan fingerprint density at radius 3 is 2.85 bits per heavy atom. The van der Waals surface area contributed by atoms with Gasteiger partial charge in [0.15, 0.2) is 0 Å². The summed E-state index contributed by atoms with van der Waals surface area (Å²) in [6.45, 7) is 1.40. The van der Waals surface area contributed by atoms with E-state index in [0.717, 1.165) is 31.4 Å². The molecule has 9 nitrogen and oxygen atoms in total. The molecule has 2 aliphatic rings. The van der Waals surface area contributed by atoms with Crippen molar-refractivity contribution in [2.24, 2.45) is 11.8 Å². The van der Waals surface area contributed by atoms with Crippen molar-refractivity contribution >= 4 is 33.2 Å². The molecule has 0 unspecified atom stereocenters.